The number of rotatable bonds is 6. The van der Waals surface area contributed by atoms with E-state index in [4.69, 9.17) is 11.6 Å². The second kappa shape index (κ2) is 8.34. The summed E-state index contributed by atoms with van der Waals surface area (Å²) in [4.78, 5) is 14.6. The Balaban J connectivity index is 1.44. The van der Waals surface area contributed by atoms with Crippen LogP contribution in [0.15, 0.2) is 48.5 Å². The van der Waals surface area contributed by atoms with E-state index in [1.54, 1.807) is 24.3 Å². The third-order valence-electron chi connectivity index (χ3n) is 5.32. The van der Waals surface area contributed by atoms with Crippen LogP contribution in [-0.2, 0) is 5.60 Å². The predicted octanol–water partition coefficient (Wildman–Crippen LogP) is 4.59. The number of carbonyl (C=O) groups excluding carboxylic acids is 1. The van der Waals surface area contributed by atoms with Crippen molar-refractivity contribution >= 4 is 17.4 Å². The number of aryl methyl sites for hydroxylation is 1. The molecule has 0 aliphatic carbocycles. The predicted molar refractivity (Wildman–Crippen MR) is 106 cm³/mol. The molecule has 1 aliphatic rings. The first-order valence-electron chi connectivity index (χ1n) is 9.27. The number of benzene rings is 2. The highest BCUT2D eigenvalue weighted by Crippen LogP contribution is 2.33. The van der Waals surface area contributed by atoms with E-state index in [1.165, 1.54) is 5.56 Å². The van der Waals surface area contributed by atoms with Gasteiger partial charge in [-0.25, -0.2) is 0 Å². The fraction of sp³-hybridized carbons (Fsp3) is 0.409. The number of halogens is 1. The van der Waals surface area contributed by atoms with E-state index in [2.05, 4.69) is 24.0 Å². The summed E-state index contributed by atoms with van der Waals surface area (Å²) in [6.07, 6.45) is 2.85. The van der Waals surface area contributed by atoms with E-state index >= 15 is 0 Å². The van der Waals surface area contributed by atoms with Gasteiger partial charge >= 0.3 is 0 Å². The van der Waals surface area contributed by atoms with Crippen molar-refractivity contribution in [2.45, 2.75) is 38.2 Å². The SMILES string of the molecule is Cc1ccc(C2(O)CCN(CCCC(=O)c3ccc(Cl)cc3)CC2)cc1. The Bertz CT molecular complexity index is 732. The fourth-order valence-corrected chi connectivity index (χ4v) is 3.67. The Morgan fingerprint density at radius 3 is 2.31 bits per heavy atom. The van der Waals surface area contributed by atoms with Crippen molar-refractivity contribution in [3.8, 4) is 0 Å². The van der Waals surface area contributed by atoms with Crippen molar-refractivity contribution in [1.29, 1.82) is 0 Å². The maximum Gasteiger partial charge on any atom is 0.162 e. The van der Waals surface area contributed by atoms with Gasteiger partial charge in [0.1, 0.15) is 0 Å². The molecule has 0 spiro atoms. The molecule has 1 heterocycles. The maximum absolute atomic E-state index is 12.2. The summed E-state index contributed by atoms with van der Waals surface area (Å²) in [6.45, 7) is 4.67. The average Bonchev–Trinajstić information content (AvgIpc) is 2.64. The van der Waals surface area contributed by atoms with Crippen LogP contribution in [0.2, 0.25) is 5.02 Å². The first-order valence-corrected chi connectivity index (χ1v) is 9.65. The molecule has 1 aliphatic heterocycles. The maximum atomic E-state index is 12.2. The lowest BCUT2D eigenvalue weighted by molar-refractivity contribution is -0.0260. The molecule has 1 N–H and O–H groups in total. The van der Waals surface area contributed by atoms with E-state index in [9.17, 15) is 9.90 Å². The Kier molecular flexibility index (Phi) is 6.13. The zero-order valence-electron chi connectivity index (χ0n) is 15.2. The molecule has 0 radical (unpaired) electrons. The molecule has 0 aromatic heterocycles. The van der Waals surface area contributed by atoms with Gasteiger partial charge in [-0.1, -0.05) is 41.4 Å². The second-order valence-corrected chi connectivity index (χ2v) is 7.71. The molecule has 0 bridgehead atoms. The number of aliphatic hydroxyl groups is 1. The molecule has 138 valence electrons. The number of piperidine rings is 1. The molecule has 4 heteroatoms. The lowest BCUT2D eigenvalue weighted by Gasteiger charge is -2.38. The summed E-state index contributed by atoms with van der Waals surface area (Å²) in [6, 6.07) is 15.3. The third-order valence-corrected chi connectivity index (χ3v) is 5.57. The molecule has 0 unspecified atom stereocenters. The summed E-state index contributed by atoms with van der Waals surface area (Å²) in [7, 11) is 0. The van der Waals surface area contributed by atoms with Gasteiger partial charge in [0, 0.05) is 30.1 Å². The summed E-state index contributed by atoms with van der Waals surface area (Å²) < 4.78 is 0. The highest BCUT2D eigenvalue weighted by molar-refractivity contribution is 6.30. The Labute approximate surface area is 160 Å². The van der Waals surface area contributed by atoms with Gasteiger partial charge in [0.05, 0.1) is 5.60 Å². The standard InChI is InChI=1S/C22H26ClNO2/c1-17-4-8-19(9-5-17)22(26)12-15-24(16-13-22)14-2-3-21(25)18-6-10-20(23)11-7-18/h4-11,26H,2-3,12-16H2,1H3. The second-order valence-electron chi connectivity index (χ2n) is 7.27. The number of Topliss-reactive ketones (excluding diaryl/α,β-unsaturated/α-hetero) is 1. The number of hydrogen-bond donors (Lipinski definition) is 1. The molecule has 0 amide bonds. The lowest BCUT2D eigenvalue weighted by atomic mass is 9.84. The van der Waals surface area contributed by atoms with Crippen molar-refractivity contribution in [2.75, 3.05) is 19.6 Å². The van der Waals surface area contributed by atoms with Crippen LogP contribution in [-0.4, -0.2) is 35.4 Å². The minimum absolute atomic E-state index is 0.162. The quantitative estimate of drug-likeness (QED) is 0.754. The summed E-state index contributed by atoms with van der Waals surface area (Å²) in [5.74, 6) is 0.162. The van der Waals surface area contributed by atoms with Crippen LogP contribution in [0.25, 0.3) is 0 Å². The first kappa shape index (κ1) is 19.1. The first-order chi connectivity index (χ1) is 12.5. The largest absolute Gasteiger partial charge is 0.385 e. The van der Waals surface area contributed by atoms with Crippen molar-refractivity contribution in [1.82, 2.24) is 4.90 Å². The average molecular weight is 372 g/mol. The van der Waals surface area contributed by atoms with Crippen LogP contribution in [0.5, 0.6) is 0 Å². The monoisotopic (exact) mass is 371 g/mol. The minimum atomic E-state index is -0.719. The van der Waals surface area contributed by atoms with Gasteiger partial charge in [-0.15, -0.1) is 0 Å². The topological polar surface area (TPSA) is 40.5 Å². The molecule has 1 fully saturated rings. The lowest BCUT2D eigenvalue weighted by Crippen LogP contribution is -2.42. The van der Waals surface area contributed by atoms with Gasteiger partial charge in [0.15, 0.2) is 5.78 Å². The zero-order valence-corrected chi connectivity index (χ0v) is 16.0. The number of ketones is 1. The van der Waals surface area contributed by atoms with Crippen LogP contribution in [0.4, 0.5) is 0 Å². The minimum Gasteiger partial charge on any atom is -0.385 e. The number of carbonyl (C=O) groups is 1. The number of hydrogen-bond acceptors (Lipinski definition) is 3. The van der Waals surface area contributed by atoms with Gasteiger partial charge in [0.2, 0.25) is 0 Å². The van der Waals surface area contributed by atoms with Crippen molar-refractivity contribution in [3.05, 3.63) is 70.2 Å². The molecule has 1 saturated heterocycles. The Hall–Kier alpha value is -1.68. The normalized spacial score (nSPS) is 17.2. The van der Waals surface area contributed by atoms with Gasteiger partial charge in [-0.2, -0.15) is 0 Å². The Morgan fingerprint density at radius 1 is 1.08 bits per heavy atom. The molecule has 3 rings (SSSR count). The van der Waals surface area contributed by atoms with Crippen molar-refractivity contribution in [3.63, 3.8) is 0 Å². The van der Waals surface area contributed by atoms with Crippen molar-refractivity contribution < 1.29 is 9.90 Å². The van der Waals surface area contributed by atoms with Crippen molar-refractivity contribution in [2.24, 2.45) is 0 Å². The smallest absolute Gasteiger partial charge is 0.162 e. The van der Waals surface area contributed by atoms with E-state index < -0.39 is 5.60 Å². The Morgan fingerprint density at radius 2 is 1.69 bits per heavy atom. The van der Waals surface area contributed by atoms with Crippen LogP contribution in [0.3, 0.4) is 0 Å². The summed E-state index contributed by atoms with van der Waals surface area (Å²) in [5, 5.41) is 11.6. The molecule has 0 saturated carbocycles. The van der Waals surface area contributed by atoms with Crippen LogP contribution in [0.1, 0.15) is 47.2 Å². The highest BCUT2D eigenvalue weighted by atomic mass is 35.5. The number of likely N-dealkylation sites (tertiary alicyclic amines) is 1. The van der Waals surface area contributed by atoms with E-state index in [1.807, 2.05) is 12.1 Å². The molecule has 2 aromatic rings. The number of nitrogens with zero attached hydrogens (tertiary/aromatic N) is 1. The van der Waals surface area contributed by atoms with Gasteiger partial charge < -0.3 is 10.0 Å². The van der Waals surface area contributed by atoms with E-state index in [-0.39, 0.29) is 5.78 Å². The molecule has 3 nitrogen and oxygen atoms in total. The van der Waals surface area contributed by atoms with Gasteiger partial charge in [-0.3, -0.25) is 4.79 Å². The molecule has 2 aromatic carbocycles. The van der Waals surface area contributed by atoms with E-state index in [0.29, 0.717) is 11.4 Å². The molecule has 26 heavy (non-hydrogen) atoms. The highest BCUT2D eigenvalue weighted by Gasteiger charge is 2.33. The zero-order chi connectivity index (χ0) is 18.6. The van der Waals surface area contributed by atoms with Gasteiger partial charge in [-0.05, 0) is 62.6 Å². The third kappa shape index (κ3) is 4.73. The van der Waals surface area contributed by atoms with Gasteiger partial charge in [0.25, 0.3) is 0 Å². The van der Waals surface area contributed by atoms with Crippen LogP contribution in [0, 0.1) is 6.92 Å². The molecule has 0 atom stereocenters. The van der Waals surface area contributed by atoms with Crippen LogP contribution < -0.4 is 0 Å². The van der Waals surface area contributed by atoms with Crippen LogP contribution >= 0.6 is 11.6 Å². The summed E-state index contributed by atoms with van der Waals surface area (Å²) in [5.41, 5.74) is 2.23. The summed E-state index contributed by atoms with van der Waals surface area (Å²) >= 11 is 5.86. The molecular weight excluding hydrogens is 346 g/mol. The van der Waals surface area contributed by atoms with E-state index in [0.717, 1.165) is 50.0 Å². The fourth-order valence-electron chi connectivity index (χ4n) is 3.54. The molecular formula is C22H26ClNO2.